The van der Waals surface area contributed by atoms with E-state index < -0.39 is 0 Å². The number of nitrogens with zero attached hydrogens (tertiary/aromatic N) is 1. The Hall–Kier alpha value is -0.980. The lowest BCUT2D eigenvalue weighted by Crippen LogP contribution is -1.79. The van der Waals surface area contributed by atoms with Gasteiger partial charge in [-0.15, -0.1) is 0 Å². The predicted molar refractivity (Wildman–Crippen MR) is 47.9 cm³/mol. The minimum absolute atomic E-state index is 0.456. The minimum atomic E-state index is 0.456. The van der Waals surface area contributed by atoms with E-state index in [0.717, 1.165) is 0 Å². The molecule has 0 aliphatic heterocycles. The van der Waals surface area contributed by atoms with Gasteiger partial charge in [0.1, 0.15) is 6.07 Å². The van der Waals surface area contributed by atoms with E-state index >= 15 is 0 Å². The van der Waals surface area contributed by atoms with Crippen LogP contribution in [0, 0.1) is 11.3 Å². The topological polar surface area (TPSA) is 44.0 Å². The highest BCUT2D eigenvalue weighted by molar-refractivity contribution is 7.98. The van der Waals surface area contributed by atoms with Crippen LogP contribution >= 0.6 is 12.0 Å². The lowest BCUT2D eigenvalue weighted by Gasteiger charge is -1.96. The number of nitriles is 1. The van der Waals surface area contributed by atoms with E-state index in [2.05, 4.69) is 6.58 Å². The van der Waals surface area contributed by atoms with Gasteiger partial charge in [0.05, 0.1) is 10.5 Å². The zero-order chi connectivity index (χ0) is 8.69. The van der Waals surface area contributed by atoms with Gasteiger partial charge in [-0.25, -0.2) is 0 Å². The molecule has 0 amide bonds. The Morgan fingerprint density at radius 2 is 2.36 bits per heavy atom. The predicted octanol–water partition coefficient (Wildman–Crippen LogP) is 2.73. The molecular formula is C8H9NOS. The molecule has 0 radical (unpaired) electrons. The maximum absolute atomic E-state index is 8.70. The van der Waals surface area contributed by atoms with Crippen molar-refractivity contribution in [1.82, 2.24) is 0 Å². The first-order valence-corrected chi connectivity index (χ1v) is 3.78. The normalized spacial score (nSPS) is 12.5. The average Bonchev–Trinajstić information content (AvgIpc) is 2.05. The number of hydrogen-bond acceptors (Lipinski definition) is 3. The Balaban J connectivity index is 4.65. The first-order valence-electron chi connectivity index (χ1n) is 3.01. The largest absolute Gasteiger partial charge is 0.325 e. The van der Waals surface area contributed by atoms with Gasteiger partial charge >= 0.3 is 0 Å². The third-order valence-electron chi connectivity index (χ3n) is 1.04. The van der Waals surface area contributed by atoms with Crippen LogP contribution in [0.25, 0.3) is 0 Å². The van der Waals surface area contributed by atoms with E-state index in [9.17, 15) is 0 Å². The molecule has 58 valence electrons. The fraction of sp³-hybridized carbons (Fsp3) is 0.125. The molecule has 0 aromatic rings. The van der Waals surface area contributed by atoms with E-state index in [0.29, 0.717) is 22.5 Å². The first kappa shape index (κ1) is 10.0. The van der Waals surface area contributed by atoms with Crippen LogP contribution in [0.1, 0.15) is 6.92 Å². The van der Waals surface area contributed by atoms with Crippen LogP contribution in [0.2, 0.25) is 0 Å². The van der Waals surface area contributed by atoms with E-state index in [1.54, 1.807) is 19.1 Å². The molecule has 0 aliphatic carbocycles. The van der Waals surface area contributed by atoms with Crippen LogP contribution in [0.5, 0.6) is 0 Å². The van der Waals surface area contributed by atoms with Gasteiger partial charge in [-0.1, -0.05) is 18.7 Å². The smallest absolute Gasteiger partial charge is 0.100 e. The highest BCUT2D eigenvalue weighted by Gasteiger charge is 2.00. The van der Waals surface area contributed by atoms with Gasteiger partial charge in [0.15, 0.2) is 0 Å². The lowest BCUT2D eigenvalue weighted by atomic mass is 10.2. The van der Waals surface area contributed by atoms with Crippen molar-refractivity contribution in [2.45, 2.75) is 6.92 Å². The second kappa shape index (κ2) is 5.78. The quantitative estimate of drug-likeness (QED) is 0.399. The number of hydrogen-bond donors (Lipinski definition) is 1. The van der Waals surface area contributed by atoms with E-state index in [-0.39, 0.29) is 0 Å². The maximum atomic E-state index is 8.70. The van der Waals surface area contributed by atoms with Crippen LogP contribution in [0.4, 0.5) is 0 Å². The van der Waals surface area contributed by atoms with Crippen LogP contribution in [-0.2, 0) is 0 Å². The summed E-state index contributed by atoms with van der Waals surface area (Å²) in [6, 6.07) is 1.95. The van der Waals surface area contributed by atoms with Gasteiger partial charge in [-0.2, -0.15) is 5.26 Å². The fourth-order valence-corrected chi connectivity index (χ4v) is 0.957. The summed E-state index contributed by atoms with van der Waals surface area (Å²) in [5.41, 5.74) is 0.456. The summed E-state index contributed by atoms with van der Waals surface area (Å²) in [5, 5.41) is 8.54. The molecule has 0 aliphatic rings. The summed E-state index contributed by atoms with van der Waals surface area (Å²) >= 11 is 0.551. The highest BCUT2D eigenvalue weighted by Crippen LogP contribution is 2.20. The third kappa shape index (κ3) is 3.08. The van der Waals surface area contributed by atoms with Crippen molar-refractivity contribution in [3.8, 4) is 6.07 Å². The number of rotatable bonds is 3. The second-order valence-electron chi connectivity index (χ2n) is 1.67. The van der Waals surface area contributed by atoms with Crippen LogP contribution in [0.15, 0.2) is 35.3 Å². The molecule has 3 heteroatoms. The molecule has 0 unspecified atom stereocenters. The Morgan fingerprint density at radius 3 is 2.64 bits per heavy atom. The molecular weight excluding hydrogens is 158 g/mol. The molecule has 0 heterocycles. The summed E-state index contributed by atoms with van der Waals surface area (Å²) < 4.78 is 8.70. The zero-order valence-corrected chi connectivity index (χ0v) is 7.06. The summed E-state index contributed by atoms with van der Waals surface area (Å²) in [5.74, 6) is 0. The Morgan fingerprint density at radius 1 is 1.73 bits per heavy atom. The molecule has 0 atom stereocenters. The molecule has 0 saturated heterocycles. The molecule has 0 aromatic heterocycles. The van der Waals surface area contributed by atoms with Crippen LogP contribution in [0.3, 0.4) is 0 Å². The van der Waals surface area contributed by atoms with Gasteiger partial charge in [0, 0.05) is 12.0 Å². The lowest BCUT2D eigenvalue weighted by molar-refractivity contribution is 0.669. The van der Waals surface area contributed by atoms with Crippen molar-refractivity contribution in [3.63, 3.8) is 0 Å². The van der Waals surface area contributed by atoms with Crippen molar-refractivity contribution in [3.05, 3.63) is 35.3 Å². The number of allylic oxidation sites excluding steroid dienone is 4. The SMILES string of the molecule is C=C/C=C(SO)\C(C#N)=C/C. The van der Waals surface area contributed by atoms with Gasteiger partial charge in [-0.05, 0) is 13.0 Å². The van der Waals surface area contributed by atoms with Crippen molar-refractivity contribution in [2.75, 3.05) is 0 Å². The molecule has 1 N–H and O–H groups in total. The Labute approximate surface area is 70.7 Å². The summed E-state index contributed by atoms with van der Waals surface area (Å²) in [6.07, 6.45) is 4.75. The molecule has 2 nitrogen and oxygen atoms in total. The third-order valence-corrected chi connectivity index (χ3v) is 1.59. The van der Waals surface area contributed by atoms with Gasteiger partial charge in [0.2, 0.25) is 0 Å². The van der Waals surface area contributed by atoms with Gasteiger partial charge in [0.25, 0.3) is 0 Å². The van der Waals surface area contributed by atoms with Crippen molar-refractivity contribution in [2.24, 2.45) is 0 Å². The van der Waals surface area contributed by atoms with Gasteiger partial charge in [-0.3, -0.25) is 0 Å². The Bertz CT molecular complexity index is 235. The monoisotopic (exact) mass is 167 g/mol. The zero-order valence-electron chi connectivity index (χ0n) is 6.24. The molecule has 11 heavy (non-hydrogen) atoms. The van der Waals surface area contributed by atoms with E-state index in [1.165, 1.54) is 6.08 Å². The van der Waals surface area contributed by atoms with E-state index in [4.69, 9.17) is 9.81 Å². The van der Waals surface area contributed by atoms with Crippen molar-refractivity contribution >= 4 is 12.0 Å². The second-order valence-corrected chi connectivity index (χ2v) is 2.29. The molecule has 0 aromatic carbocycles. The molecule has 0 saturated carbocycles. The molecule has 0 bridgehead atoms. The molecule has 0 rings (SSSR count). The maximum Gasteiger partial charge on any atom is 0.100 e. The summed E-state index contributed by atoms with van der Waals surface area (Å²) in [4.78, 5) is 0.519. The van der Waals surface area contributed by atoms with Gasteiger partial charge < -0.3 is 4.55 Å². The Kier molecular flexibility index (Phi) is 5.26. The van der Waals surface area contributed by atoms with Crippen LogP contribution in [-0.4, -0.2) is 4.55 Å². The van der Waals surface area contributed by atoms with Crippen molar-refractivity contribution in [1.29, 1.82) is 5.26 Å². The van der Waals surface area contributed by atoms with E-state index in [1.807, 2.05) is 6.07 Å². The van der Waals surface area contributed by atoms with Crippen LogP contribution < -0.4 is 0 Å². The fourth-order valence-electron chi connectivity index (χ4n) is 0.538. The first-order chi connectivity index (χ1) is 5.29. The molecule has 0 fully saturated rings. The minimum Gasteiger partial charge on any atom is -0.325 e. The average molecular weight is 167 g/mol. The van der Waals surface area contributed by atoms with Crippen molar-refractivity contribution < 1.29 is 4.55 Å². The standard InChI is InChI=1S/C8H9NOS/c1-3-5-8(11-10)7(4-2)6-9/h3-5,10H,1H2,2H3/b7-4-,8-5+. The summed E-state index contributed by atoms with van der Waals surface area (Å²) in [7, 11) is 0. The highest BCUT2D eigenvalue weighted by atomic mass is 32.2. The molecule has 0 spiro atoms. The summed E-state index contributed by atoms with van der Waals surface area (Å²) in [6.45, 7) is 5.20.